The van der Waals surface area contributed by atoms with Crippen LogP contribution in [0.5, 0.6) is 0 Å². The number of fused-ring (bicyclic) bond motifs is 3. The Hall–Kier alpha value is -0.747. The summed E-state index contributed by atoms with van der Waals surface area (Å²) in [6.45, 7) is 19.2. The van der Waals surface area contributed by atoms with E-state index in [-0.39, 0.29) is 35.6 Å². The Morgan fingerprint density at radius 1 is 0.757 bits per heavy atom. The predicted octanol–water partition coefficient (Wildman–Crippen LogP) is 2.70. The van der Waals surface area contributed by atoms with Gasteiger partial charge >= 0.3 is 223 Å². The number of benzene rings is 2. The van der Waals surface area contributed by atoms with Crippen LogP contribution in [0.25, 0.3) is 11.1 Å². The average Bonchev–Trinajstić information content (AvgIpc) is 3.41. The molecule has 0 heterocycles. The number of aryl methyl sites for hydroxylation is 1. The van der Waals surface area contributed by atoms with Crippen LogP contribution in [-0.2, 0) is 38.5 Å². The summed E-state index contributed by atoms with van der Waals surface area (Å²) in [7, 11) is 0. The van der Waals surface area contributed by atoms with Crippen molar-refractivity contribution in [2.24, 2.45) is 0 Å². The monoisotopic (exact) mass is 612 g/mol. The molecule has 0 spiro atoms. The fourth-order valence-corrected chi connectivity index (χ4v) is 15.8. The molecule has 3 heteroatoms. The Morgan fingerprint density at radius 2 is 1.38 bits per heavy atom. The molecule has 1 fully saturated rings. The first kappa shape index (κ1) is 30.8. The first-order valence-corrected chi connectivity index (χ1v) is 17.6. The van der Waals surface area contributed by atoms with Gasteiger partial charge in [-0.25, -0.2) is 0 Å². The molecular weight excluding hydrogens is 571 g/mol. The van der Waals surface area contributed by atoms with E-state index in [2.05, 4.69) is 91.8 Å². The minimum atomic E-state index is -2.16. The zero-order valence-electron chi connectivity index (χ0n) is 24.2. The molecule has 3 aliphatic carbocycles. The maximum absolute atomic E-state index is 2.61. The molecular formula is C34H44Cl2Zr. The van der Waals surface area contributed by atoms with Gasteiger partial charge in [-0.2, -0.15) is 0 Å². The van der Waals surface area contributed by atoms with Gasteiger partial charge in [0.15, 0.2) is 0 Å². The van der Waals surface area contributed by atoms with Crippen LogP contribution in [0.4, 0.5) is 0 Å². The van der Waals surface area contributed by atoms with E-state index in [0.717, 1.165) is 6.42 Å². The standard InChI is InChI=1S/C23H29.C6H10.C5H5.2ClH.Zr/c1-14-9-16-11-17-10-15(2)21(23(6,7)8)13-19(17)18(16)12-20(14)22(3,4)5;1-2-4-6-5-3-1;1-2-4-5-3-1;;;/h9,12-13H,11H2,1-8H3;1-5H2;1-3H,4H2;2*1H;/q;;;;;+2/p-2. The summed E-state index contributed by atoms with van der Waals surface area (Å²) in [6.07, 6.45) is 16.6. The Labute approximate surface area is 246 Å². The molecule has 0 nitrogen and oxygen atoms in total. The van der Waals surface area contributed by atoms with Gasteiger partial charge in [-0.15, -0.1) is 0 Å². The van der Waals surface area contributed by atoms with E-state index in [1.54, 1.807) is 27.8 Å². The van der Waals surface area contributed by atoms with Crippen LogP contribution >= 0.6 is 0 Å². The zero-order valence-corrected chi connectivity index (χ0v) is 28.1. The van der Waals surface area contributed by atoms with Crippen LogP contribution < -0.4 is 28.1 Å². The van der Waals surface area contributed by atoms with E-state index >= 15 is 0 Å². The maximum Gasteiger partial charge on any atom is -1.00 e. The van der Waals surface area contributed by atoms with E-state index in [0.29, 0.717) is 0 Å². The third-order valence-electron chi connectivity index (χ3n) is 8.57. The SMILES string of the molecule is Cc1cc2c(cc1C(C)(C)C)-c1cc(C(C)(C)C)c(C)[c]([Zr+2]([C]3=CC=CC3)=[C]3CCCCC3)c1C2.[Cl-].[Cl-]. The summed E-state index contributed by atoms with van der Waals surface area (Å²) in [5, 5.41) is 0. The molecule has 0 bridgehead atoms. The van der Waals surface area contributed by atoms with Gasteiger partial charge in [0.25, 0.3) is 0 Å². The molecule has 1 saturated carbocycles. The smallest absolute Gasteiger partial charge is 1.00 e. The summed E-state index contributed by atoms with van der Waals surface area (Å²) < 4.78 is 5.67. The van der Waals surface area contributed by atoms with Crippen molar-refractivity contribution in [2.75, 3.05) is 0 Å². The summed E-state index contributed by atoms with van der Waals surface area (Å²) in [5.41, 5.74) is 12.9. The van der Waals surface area contributed by atoms with E-state index in [1.807, 2.05) is 9.76 Å². The van der Waals surface area contributed by atoms with Crippen molar-refractivity contribution in [2.45, 2.75) is 111 Å². The van der Waals surface area contributed by atoms with E-state index in [9.17, 15) is 0 Å². The van der Waals surface area contributed by atoms with Crippen LogP contribution in [-0.4, -0.2) is 3.21 Å². The summed E-state index contributed by atoms with van der Waals surface area (Å²) in [5.74, 6) is 0. The van der Waals surface area contributed by atoms with Crippen LogP contribution in [0.2, 0.25) is 0 Å². The van der Waals surface area contributed by atoms with Gasteiger partial charge in [0.2, 0.25) is 0 Å². The second-order valence-corrected chi connectivity index (χ2v) is 19.7. The summed E-state index contributed by atoms with van der Waals surface area (Å²) in [6, 6.07) is 7.70. The Kier molecular flexibility index (Phi) is 9.48. The predicted molar refractivity (Wildman–Crippen MR) is 151 cm³/mol. The van der Waals surface area contributed by atoms with Crippen molar-refractivity contribution in [1.29, 1.82) is 0 Å². The van der Waals surface area contributed by atoms with Gasteiger partial charge in [0, 0.05) is 0 Å². The topological polar surface area (TPSA) is 0 Å². The molecule has 5 rings (SSSR count). The third kappa shape index (κ3) is 5.76. The number of hydrogen-bond acceptors (Lipinski definition) is 0. The van der Waals surface area contributed by atoms with Crippen LogP contribution in [0, 0.1) is 13.8 Å². The van der Waals surface area contributed by atoms with Crippen molar-refractivity contribution in [3.8, 4) is 11.1 Å². The van der Waals surface area contributed by atoms with Gasteiger partial charge < -0.3 is 24.8 Å². The second kappa shape index (κ2) is 11.4. The van der Waals surface area contributed by atoms with Crippen molar-refractivity contribution >= 4 is 6.48 Å². The molecule has 0 radical (unpaired) electrons. The molecule has 2 aromatic carbocycles. The van der Waals surface area contributed by atoms with Crippen molar-refractivity contribution < 1.29 is 46.1 Å². The fraction of sp³-hybridized carbons (Fsp3) is 0.500. The largest absolute Gasteiger partial charge is 1.00 e. The molecule has 0 N–H and O–H groups in total. The maximum atomic E-state index is 2.61. The summed E-state index contributed by atoms with van der Waals surface area (Å²) >= 11 is -2.16. The van der Waals surface area contributed by atoms with Gasteiger partial charge in [-0.1, -0.05) is 0 Å². The second-order valence-electron chi connectivity index (χ2n) is 13.3. The summed E-state index contributed by atoms with van der Waals surface area (Å²) in [4.78, 5) is 0. The molecule has 2 aromatic rings. The van der Waals surface area contributed by atoms with Crippen molar-refractivity contribution in [1.82, 2.24) is 0 Å². The van der Waals surface area contributed by atoms with Crippen LogP contribution in [0.1, 0.15) is 113 Å². The Balaban J connectivity index is 0.00000190. The third-order valence-corrected chi connectivity index (χ3v) is 16.9. The first-order chi connectivity index (χ1) is 16.5. The minimum absolute atomic E-state index is 0. The molecule has 0 unspecified atom stereocenters. The number of allylic oxidation sites excluding steroid dienone is 4. The van der Waals surface area contributed by atoms with Crippen molar-refractivity contribution in [3.63, 3.8) is 0 Å². The number of hydrogen-bond donors (Lipinski definition) is 0. The van der Waals surface area contributed by atoms with Crippen LogP contribution in [0.15, 0.2) is 39.7 Å². The van der Waals surface area contributed by atoms with Crippen LogP contribution in [0.3, 0.4) is 0 Å². The van der Waals surface area contributed by atoms with E-state index in [1.165, 1.54) is 55.2 Å². The molecule has 3 aliphatic rings. The first-order valence-electron chi connectivity index (χ1n) is 13.9. The quantitative estimate of drug-likeness (QED) is 0.417. The van der Waals surface area contributed by atoms with Crippen molar-refractivity contribution in [3.05, 3.63) is 73.1 Å². The molecule has 0 aromatic heterocycles. The molecule has 198 valence electrons. The molecule has 0 atom stereocenters. The van der Waals surface area contributed by atoms with E-state index < -0.39 is 21.3 Å². The van der Waals surface area contributed by atoms with Gasteiger partial charge in [0.05, 0.1) is 0 Å². The fourth-order valence-electron chi connectivity index (χ4n) is 6.97. The Bertz CT molecular complexity index is 1280. The minimum Gasteiger partial charge on any atom is -1.00 e. The van der Waals surface area contributed by atoms with E-state index in [4.69, 9.17) is 0 Å². The molecule has 0 saturated heterocycles. The average molecular weight is 615 g/mol. The Morgan fingerprint density at radius 3 is 1.95 bits per heavy atom. The van der Waals surface area contributed by atoms with Gasteiger partial charge in [0.1, 0.15) is 0 Å². The number of halogens is 2. The normalized spacial score (nSPS) is 16.3. The zero-order chi connectivity index (χ0) is 25.1. The van der Waals surface area contributed by atoms with Gasteiger partial charge in [-0.3, -0.25) is 0 Å². The molecule has 0 amide bonds. The molecule has 0 aliphatic heterocycles. The molecule has 37 heavy (non-hydrogen) atoms. The van der Waals surface area contributed by atoms with Gasteiger partial charge in [-0.05, 0) is 0 Å². The number of rotatable bonds is 2.